The highest BCUT2D eigenvalue weighted by atomic mass is 15.3. The number of hydrogen-bond acceptors (Lipinski definition) is 2. The lowest BCUT2D eigenvalue weighted by molar-refractivity contribution is 0.532. The largest absolute Gasteiger partial charge is 0.315 e. The highest BCUT2D eigenvalue weighted by Gasteiger charge is 2.12. The van der Waals surface area contributed by atoms with Crippen LogP contribution >= 0.6 is 0 Å². The summed E-state index contributed by atoms with van der Waals surface area (Å²) >= 11 is 0. The van der Waals surface area contributed by atoms with Crippen molar-refractivity contribution in [2.45, 2.75) is 46.1 Å². The van der Waals surface area contributed by atoms with Crippen molar-refractivity contribution >= 4 is 0 Å². The molecule has 0 aliphatic carbocycles. The number of hydrogen-bond donors (Lipinski definition) is 0. The molecule has 0 radical (unpaired) electrons. The van der Waals surface area contributed by atoms with Crippen LogP contribution in [0.25, 0.3) is 0 Å². The Hall–Kier alpha value is -0.860. The van der Waals surface area contributed by atoms with Crippen LogP contribution in [0.1, 0.15) is 51.9 Å². The van der Waals surface area contributed by atoms with E-state index in [0.29, 0.717) is 12.0 Å². The molecule has 3 heteroatoms. The number of aromatic nitrogens is 3. The molecule has 0 amide bonds. The van der Waals surface area contributed by atoms with Crippen LogP contribution in [0.3, 0.4) is 0 Å². The molecule has 1 aromatic rings. The Labute approximate surface area is 73.8 Å². The molecule has 1 rings (SSSR count). The predicted octanol–water partition coefficient (Wildman–Crippen LogP) is 2.37. The predicted molar refractivity (Wildman–Crippen MR) is 49.1 cm³/mol. The first-order valence-electron chi connectivity index (χ1n) is 4.56. The second-order valence-corrected chi connectivity index (χ2v) is 3.50. The first-order valence-corrected chi connectivity index (χ1v) is 4.56. The van der Waals surface area contributed by atoms with Gasteiger partial charge in [-0.25, -0.2) is 0 Å². The molecule has 68 valence electrons. The van der Waals surface area contributed by atoms with Gasteiger partial charge >= 0.3 is 0 Å². The maximum absolute atomic E-state index is 4.12. The van der Waals surface area contributed by atoms with Gasteiger partial charge in [-0.05, 0) is 20.3 Å². The van der Waals surface area contributed by atoms with Gasteiger partial charge in [0, 0.05) is 12.0 Å². The zero-order valence-electron chi connectivity index (χ0n) is 8.28. The first kappa shape index (κ1) is 9.23. The molecule has 0 saturated carbocycles. The topological polar surface area (TPSA) is 30.7 Å². The van der Waals surface area contributed by atoms with Crippen LogP contribution in [0, 0.1) is 0 Å². The number of nitrogens with zero attached hydrogens (tertiary/aromatic N) is 3. The summed E-state index contributed by atoms with van der Waals surface area (Å²) in [5, 5.41) is 8.05. The van der Waals surface area contributed by atoms with Gasteiger partial charge < -0.3 is 4.57 Å². The molecule has 3 nitrogen and oxygen atoms in total. The molecule has 1 heterocycles. The third-order valence-corrected chi connectivity index (χ3v) is 2.21. The van der Waals surface area contributed by atoms with E-state index >= 15 is 0 Å². The smallest absolute Gasteiger partial charge is 0.135 e. The minimum atomic E-state index is 0.462. The summed E-state index contributed by atoms with van der Waals surface area (Å²) in [5.74, 6) is 1.61. The van der Waals surface area contributed by atoms with Crippen LogP contribution in [0.15, 0.2) is 6.33 Å². The molecule has 0 spiro atoms. The summed E-state index contributed by atoms with van der Waals surface area (Å²) in [4.78, 5) is 0. The summed E-state index contributed by atoms with van der Waals surface area (Å²) in [5.41, 5.74) is 0. The number of rotatable bonds is 3. The molecule has 0 aliphatic rings. The van der Waals surface area contributed by atoms with Gasteiger partial charge in [0.2, 0.25) is 0 Å². The minimum absolute atomic E-state index is 0.462. The Morgan fingerprint density at radius 2 is 2.08 bits per heavy atom. The summed E-state index contributed by atoms with van der Waals surface area (Å²) in [6.45, 7) is 8.65. The van der Waals surface area contributed by atoms with E-state index in [-0.39, 0.29) is 0 Å². The van der Waals surface area contributed by atoms with Crippen LogP contribution in [-0.4, -0.2) is 14.8 Å². The molecular formula is C9H17N3. The Morgan fingerprint density at radius 1 is 1.42 bits per heavy atom. The van der Waals surface area contributed by atoms with E-state index < -0.39 is 0 Å². The van der Waals surface area contributed by atoms with Gasteiger partial charge in [0.05, 0.1) is 0 Å². The summed E-state index contributed by atoms with van der Waals surface area (Å²) in [7, 11) is 0. The average molecular weight is 167 g/mol. The maximum Gasteiger partial charge on any atom is 0.135 e. The molecule has 1 atom stereocenters. The van der Waals surface area contributed by atoms with Crippen LogP contribution in [0.4, 0.5) is 0 Å². The van der Waals surface area contributed by atoms with Gasteiger partial charge in [0.1, 0.15) is 12.2 Å². The fraction of sp³-hybridized carbons (Fsp3) is 0.778. The Kier molecular flexibility index (Phi) is 2.84. The van der Waals surface area contributed by atoms with Gasteiger partial charge in [-0.2, -0.15) is 0 Å². The normalized spacial score (nSPS) is 13.8. The lowest BCUT2D eigenvalue weighted by Gasteiger charge is -2.13. The molecule has 0 aliphatic heterocycles. The van der Waals surface area contributed by atoms with Gasteiger partial charge in [0.15, 0.2) is 0 Å². The van der Waals surface area contributed by atoms with Crippen molar-refractivity contribution < 1.29 is 0 Å². The molecule has 0 N–H and O–H groups in total. The van der Waals surface area contributed by atoms with E-state index in [1.807, 2.05) is 6.33 Å². The van der Waals surface area contributed by atoms with Gasteiger partial charge in [-0.3, -0.25) is 0 Å². The molecule has 12 heavy (non-hydrogen) atoms. The van der Waals surface area contributed by atoms with E-state index in [1.165, 1.54) is 0 Å². The molecule has 0 saturated heterocycles. The second-order valence-electron chi connectivity index (χ2n) is 3.50. The van der Waals surface area contributed by atoms with E-state index in [1.54, 1.807) is 0 Å². The standard InChI is InChI=1S/C9H17N3/c1-5-8(4)9-11-10-6-12(9)7(2)3/h6-8H,5H2,1-4H3. The van der Waals surface area contributed by atoms with Crippen molar-refractivity contribution in [2.75, 3.05) is 0 Å². The van der Waals surface area contributed by atoms with E-state index in [0.717, 1.165) is 12.2 Å². The summed E-state index contributed by atoms with van der Waals surface area (Å²) < 4.78 is 2.13. The summed E-state index contributed by atoms with van der Waals surface area (Å²) in [6, 6.07) is 0.462. The monoisotopic (exact) mass is 167 g/mol. The molecule has 1 unspecified atom stereocenters. The van der Waals surface area contributed by atoms with Crippen LogP contribution in [0.5, 0.6) is 0 Å². The van der Waals surface area contributed by atoms with E-state index in [2.05, 4.69) is 42.5 Å². The fourth-order valence-corrected chi connectivity index (χ4v) is 1.18. The molecule has 0 aromatic carbocycles. The maximum atomic E-state index is 4.12. The molecule has 0 bridgehead atoms. The lowest BCUT2D eigenvalue weighted by atomic mass is 10.1. The van der Waals surface area contributed by atoms with Crippen molar-refractivity contribution in [3.8, 4) is 0 Å². The van der Waals surface area contributed by atoms with Crippen molar-refractivity contribution in [1.29, 1.82) is 0 Å². The highest BCUT2D eigenvalue weighted by Crippen LogP contribution is 2.18. The van der Waals surface area contributed by atoms with Gasteiger partial charge in [-0.1, -0.05) is 13.8 Å². The van der Waals surface area contributed by atoms with Crippen LogP contribution < -0.4 is 0 Å². The zero-order valence-corrected chi connectivity index (χ0v) is 8.28. The van der Waals surface area contributed by atoms with Crippen molar-refractivity contribution in [2.24, 2.45) is 0 Å². The Balaban J connectivity index is 2.91. The third kappa shape index (κ3) is 1.65. The lowest BCUT2D eigenvalue weighted by Crippen LogP contribution is -2.07. The van der Waals surface area contributed by atoms with Gasteiger partial charge in [0.25, 0.3) is 0 Å². The van der Waals surface area contributed by atoms with Crippen molar-refractivity contribution in [3.63, 3.8) is 0 Å². The third-order valence-electron chi connectivity index (χ3n) is 2.21. The Bertz CT molecular complexity index is 240. The van der Waals surface area contributed by atoms with Crippen LogP contribution in [-0.2, 0) is 0 Å². The molecule has 1 aromatic heterocycles. The van der Waals surface area contributed by atoms with E-state index in [4.69, 9.17) is 0 Å². The zero-order chi connectivity index (χ0) is 9.14. The SMILES string of the molecule is CCC(C)c1nncn1C(C)C. The molecule has 0 fully saturated rings. The minimum Gasteiger partial charge on any atom is -0.315 e. The van der Waals surface area contributed by atoms with Gasteiger partial charge in [-0.15, -0.1) is 10.2 Å². The fourth-order valence-electron chi connectivity index (χ4n) is 1.18. The average Bonchev–Trinajstić information content (AvgIpc) is 2.50. The van der Waals surface area contributed by atoms with Crippen molar-refractivity contribution in [3.05, 3.63) is 12.2 Å². The first-order chi connectivity index (χ1) is 5.66. The van der Waals surface area contributed by atoms with Crippen LogP contribution in [0.2, 0.25) is 0 Å². The highest BCUT2D eigenvalue weighted by molar-refractivity contribution is 4.95. The Morgan fingerprint density at radius 3 is 2.58 bits per heavy atom. The quantitative estimate of drug-likeness (QED) is 0.692. The second kappa shape index (κ2) is 3.70. The summed E-state index contributed by atoms with van der Waals surface area (Å²) in [6.07, 6.45) is 2.93. The van der Waals surface area contributed by atoms with Crippen molar-refractivity contribution in [1.82, 2.24) is 14.8 Å². The van der Waals surface area contributed by atoms with E-state index in [9.17, 15) is 0 Å². The molecular weight excluding hydrogens is 150 g/mol.